The van der Waals surface area contributed by atoms with E-state index in [9.17, 15) is 4.39 Å². The number of nitrogens with two attached hydrogens (primary N) is 1. The summed E-state index contributed by atoms with van der Waals surface area (Å²) in [5, 5.41) is 0.404. The van der Waals surface area contributed by atoms with Crippen molar-refractivity contribution in [2.24, 2.45) is 11.8 Å². The SMILES string of the molecule is NNC(c1c(F)cccc1Cl)C1CCOC2(CCOC2)C1. The van der Waals surface area contributed by atoms with Crippen molar-refractivity contribution < 1.29 is 13.9 Å². The molecule has 6 heteroatoms. The molecule has 0 radical (unpaired) electrons. The maximum Gasteiger partial charge on any atom is 0.129 e. The van der Waals surface area contributed by atoms with E-state index in [1.165, 1.54) is 6.07 Å². The minimum Gasteiger partial charge on any atom is -0.378 e. The largest absolute Gasteiger partial charge is 0.378 e. The van der Waals surface area contributed by atoms with Gasteiger partial charge in [-0.3, -0.25) is 11.3 Å². The van der Waals surface area contributed by atoms with Crippen molar-refractivity contribution in [2.75, 3.05) is 19.8 Å². The predicted octanol–water partition coefficient (Wildman–Crippen LogP) is 2.57. The molecule has 0 aliphatic carbocycles. The van der Waals surface area contributed by atoms with Crippen LogP contribution in [-0.4, -0.2) is 25.4 Å². The van der Waals surface area contributed by atoms with Crippen LogP contribution in [0.4, 0.5) is 4.39 Å². The van der Waals surface area contributed by atoms with E-state index in [2.05, 4.69) is 5.43 Å². The standard InChI is InChI=1S/C15H20ClFN2O2/c16-11-2-1-3-12(17)13(11)14(19-18)10-4-6-21-15(8-10)5-7-20-9-15/h1-3,10,14,19H,4-9,18H2. The van der Waals surface area contributed by atoms with E-state index in [0.29, 0.717) is 30.4 Å². The molecular formula is C15H20ClFN2O2. The highest BCUT2D eigenvalue weighted by Gasteiger charge is 2.43. The summed E-state index contributed by atoms with van der Waals surface area (Å²) in [7, 11) is 0. The lowest BCUT2D eigenvalue weighted by Gasteiger charge is -2.40. The van der Waals surface area contributed by atoms with Crippen LogP contribution in [0.2, 0.25) is 5.02 Å². The fourth-order valence-corrected chi connectivity index (χ4v) is 3.76. The highest BCUT2D eigenvalue weighted by atomic mass is 35.5. The van der Waals surface area contributed by atoms with Crippen LogP contribution in [-0.2, 0) is 9.47 Å². The van der Waals surface area contributed by atoms with Crippen molar-refractivity contribution >= 4 is 11.6 Å². The molecule has 0 amide bonds. The molecule has 3 rings (SSSR count). The Labute approximate surface area is 128 Å². The quantitative estimate of drug-likeness (QED) is 0.665. The summed E-state index contributed by atoms with van der Waals surface area (Å²) >= 11 is 6.18. The summed E-state index contributed by atoms with van der Waals surface area (Å²) in [4.78, 5) is 0. The van der Waals surface area contributed by atoms with Gasteiger partial charge in [0.1, 0.15) is 5.82 Å². The number of hydrogen-bond acceptors (Lipinski definition) is 4. The van der Waals surface area contributed by atoms with Crippen molar-refractivity contribution in [3.05, 3.63) is 34.6 Å². The number of halogens is 2. The Bertz CT molecular complexity index is 488. The van der Waals surface area contributed by atoms with Crippen molar-refractivity contribution in [3.8, 4) is 0 Å². The van der Waals surface area contributed by atoms with Gasteiger partial charge in [0.05, 0.1) is 18.2 Å². The number of hydrazine groups is 1. The normalized spacial score (nSPS) is 30.7. The molecule has 0 aromatic heterocycles. The number of hydrogen-bond donors (Lipinski definition) is 2. The van der Waals surface area contributed by atoms with Gasteiger partial charge in [0.15, 0.2) is 0 Å². The lowest BCUT2D eigenvalue weighted by atomic mass is 9.79. The Balaban J connectivity index is 1.86. The van der Waals surface area contributed by atoms with Gasteiger partial charge in [-0.2, -0.15) is 0 Å². The minimum absolute atomic E-state index is 0.167. The van der Waals surface area contributed by atoms with E-state index in [4.69, 9.17) is 26.9 Å². The topological polar surface area (TPSA) is 56.5 Å². The Morgan fingerprint density at radius 3 is 2.95 bits per heavy atom. The monoisotopic (exact) mass is 314 g/mol. The van der Waals surface area contributed by atoms with E-state index >= 15 is 0 Å². The Hall–Kier alpha value is -0.720. The van der Waals surface area contributed by atoms with Gasteiger partial charge in [-0.15, -0.1) is 0 Å². The molecule has 2 aliphatic heterocycles. The van der Waals surface area contributed by atoms with E-state index < -0.39 is 0 Å². The van der Waals surface area contributed by atoms with E-state index in [1.54, 1.807) is 12.1 Å². The average molecular weight is 315 g/mol. The van der Waals surface area contributed by atoms with Crippen LogP contribution < -0.4 is 11.3 Å². The lowest BCUT2D eigenvalue weighted by Crippen LogP contribution is -2.45. The summed E-state index contributed by atoms with van der Waals surface area (Å²) < 4.78 is 25.6. The number of ether oxygens (including phenoxy) is 2. The van der Waals surface area contributed by atoms with Crippen LogP contribution in [0.3, 0.4) is 0 Å². The second kappa shape index (κ2) is 6.18. The average Bonchev–Trinajstić information content (AvgIpc) is 2.91. The molecule has 3 atom stereocenters. The Kier molecular flexibility index (Phi) is 4.47. The van der Waals surface area contributed by atoms with Gasteiger partial charge >= 0.3 is 0 Å². The summed E-state index contributed by atoms with van der Waals surface area (Å²) in [6.07, 6.45) is 2.50. The summed E-state index contributed by atoms with van der Waals surface area (Å²) in [5.41, 5.74) is 2.96. The molecule has 2 heterocycles. The van der Waals surface area contributed by atoms with Crippen molar-refractivity contribution in [2.45, 2.75) is 30.9 Å². The van der Waals surface area contributed by atoms with E-state index in [1.807, 2.05) is 0 Å². The van der Waals surface area contributed by atoms with Crippen molar-refractivity contribution in [1.29, 1.82) is 0 Å². The molecule has 2 fully saturated rings. The van der Waals surface area contributed by atoms with Gasteiger partial charge in [-0.25, -0.2) is 4.39 Å². The second-order valence-electron chi connectivity index (χ2n) is 5.87. The highest BCUT2D eigenvalue weighted by Crippen LogP contribution is 2.42. The fourth-order valence-electron chi connectivity index (χ4n) is 3.48. The molecule has 1 aromatic rings. The molecule has 3 N–H and O–H groups in total. The highest BCUT2D eigenvalue weighted by molar-refractivity contribution is 6.31. The molecule has 2 aliphatic rings. The maximum atomic E-state index is 14.2. The van der Waals surface area contributed by atoms with Gasteiger partial charge in [-0.05, 0) is 30.9 Å². The first-order chi connectivity index (χ1) is 10.2. The maximum absolute atomic E-state index is 14.2. The first-order valence-electron chi connectivity index (χ1n) is 7.27. The van der Waals surface area contributed by atoms with Crippen LogP contribution in [0.25, 0.3) is 0 Å². The Morgan fingerprint density at radius 2 is 2.29 bits per heavy atom. The molecule has 21 heavy (non-hydrogen) atoms. The third-order valence-electron chi connectivity index (χ3n) is 4.56. The number of rotatable bonds is 3. The van der Waals surface area contributed by atoms with Gasteiger partial charge in [0.25, 0.3) is 0 Å². The molecule has 116 valence electrons. The van der Waals surface area contributed by atoms with Crippen LogP contribution in [0.5, 0.6) is 0 Å². The minimum atomic E-state index is -0.325. The first kappa shape index (κ1) is 15.2. The van der Waals surface area contributed by atoms with Gasteiger partial charge in [0, 0.05) is 30.2 Å². The predicted molar refractivity (Wildman–Crippen MR) is 78.3 cm³/mol. The number of benzene rings is 1. The summed E-state index contributed by atoms with van der Waals surface area (Å²) in [6, 6.07) is 4.39. The van der Waals surface area contributed by atoms with Gasteiger partial charge in [0.2, 0.25) is 0 Å². The van der Waals surface area contributed by atoms with Crippen molar-refractivity contribution in [1.82, 2.24) is 5.43 Å². The second-order valence-corrected chi connectivity index (χ2v) is 6.27. The van der Waals surface area contributed by atoms with Gasteiger partial charge in [-0.1, -0.05) is 17.7 Å². The third-order valence-corrected chi connectivity index (χ3v) is 4.89. The Morgan fingerprint density at radius 1 is 1.43 bits per heavy atom. The van der Waals surface area contributed by atoms with Crippen LogP contribution >= 0.6 is 11.6 Å². The smallest absolute Gasteiger partial charge is 0.129 e. The van der Waals surface area contributed by atoms with Crippen LogP contribution in [0, 0.1) is 11.7 Å². The first-order valence-corrected chi connectivity index (χ1v) is 7.65. The zero-order valence-electron chi connectivity index (χ0n) is 11.8. The molecule has 0 bridgehead atoms. The van der Waals surface area contributed by atoms with Crippen LogP contribution in [0.15, 0.2) is 18.2 Å². The molecule has 2 saturated heterocycles. The van der Waals surface area contributed by atoms with E-state index in [0.717, 1.165) is 19.3 Å². The summed E-state index contributed by atoms with van der Waals surface area (Å²) in [6.45, 7) is 1.96. The zero-order chi connectivity index (χ0) is 14.9. The molecule has 3 unspecified atom stereocenters. The molecule has 1 aromatic carbocycles. The zero-order valence-corrected chi connectivity index (χ0v) is 12.5. The summed E-state index contributed by atoms with van der Waals surface area (Å²) in [5.74, 6) is 5.55. The number of nitrogens with one attached hydrogen (secondary N) is 1. The van der Waals surface area contributed by atoms with E-state index in [-0.39, 0.29) is 23.4 Å². The third kappa shape index (κ3) is 2.94. The van der Waals surface area contributed by atoms with Gasteiger partial charge < -0.3 is 9.47 Å². The molecule has 4 nitrogen and oxygen atoms in total. The fraction of sp³-hybridized carbons (Fsp3) is 0.600. The van der Waals surface area contributed by atoms with Crippen molar-refractivity contribution in [3.63, 3.8) is 0 Å². The van der Waals surface area contributed by atoms with Crippen LogP contribution in [0.1, 0.15) is 30.9 Å². The lowest BCUT2D eigenvalue weighted by molar-refractivity contribution is -0.103. The molecule has 0 saturated carbocycles. The molecular weight excluding hydrogens is 295 g/mol. The molecule has 1 spiro atoms.